The molecule has 0 unspecified atom stereocenters. The summed E-state index contributed by atoms with van der Waals surface area (Å²) in [5.41, 5.74) is 1.60. The van der Waals surface area contributed by atoms with Crippen LogP contribution in [0, 0.1) is 0 Å². The van der Waals surface area contributed by atoms with Crippen LogP contribution >= 0.6 is 0 Å². The first-order chi connectivity index (χ1) is 7.69. The Kier molecular flexibility index (Phi) is 7.20. The van der Waals surface area contributed by atoms with Gasteiger partial charge >= 0.3 is 0 Å². The number of nitrogens with zero attached hydrogens (tertiary/aromatic N) is 2. The summed E-state index contributed by atoms with van der Waals surface area (Å²) in [6.07, 6.45) is 2.12. The van der Waals surface area contributed by atoms with E-state index in [0.717, 1.165) is 11.3 Å². The number of amides is 1. The second-order valence-corrected chi connectivity index (χ2v) is 3.03. The smallest absolute Gasteiger partial charge is 0.219 e. The van der Waals surface area contributed by atoms with Crippen LogP contribution in [-0.2, 0) is 25.0 Å². The van der Waals surface area contributed by atoms with Gasteiger partial charge < -0.3 is 10.4 Å². The van der Waals surface area contributed by atoms with E-state index in [0.29, 0.717) is 13.0 Å². The molecule has 5 heteroatoms. The van der Waals surface area contributed by atoms with Crippen molar-refractivity contribution in [2.75, 3.05) is 0 Å². The fraction of sp³-hybridized carbons (Fsp3) is 0.636. The van der Waals surface area contributed by atoms with Crippen molar-refractivity contribution in [3.63, 3.8) is 0 Å². The molecule has 92 valence electrons. The topological polar surface area (TPSA) is 67.2 Å². The Bertz CT molecular complexity index is 321. The lowest BCUT2D eigenvalue weighted by atomic mass is 10.2. The number of aliphatic hydroxyl groups is 1. The van der Waals surface area contributed by atoms with Gasteiger partial charge in [0.2, 0.25) is 5.91 Å². The molecular formula is C11H21N3O2. The third-order valence-electron chi connectivity index (χ3n) is 2.09. The average Bonchev–Trinajstić information content (AvgIpc) is 2.69. The molecule has 0 bridgehead atoms. The van der Waals surface area contributed by atoms with E-state index in [2.05, 4.69) is 10.4 Å². The molecule has 0 aliphatic heterocycles. The van der Waals surface area contributed by atoms with Gasteiger partial charge in [-0.25, -0.2) is 0 Å². The first-order valence-electron chi connectivity index (χ1n) is 5.56. The number of aromatic nitrogens is 2. The molecule has 1 heterocycles. The van der Waals surface area contributed by atoms with E-state index in [1.165, 1.54) is 0 Å². The molecule has 1 aromatic rings. The number of hydrogen-bond donors (Lipinski definition) is 2. The standard InChI is InChI=1S/C9H15N3O2.C2H6/c1-3-9(14)10-4-7-5-11-12(2)8(7)6-13;1-2/h5,13H,3-4,6H2,1-2H3,(H,10,14);1-2H3. The van der Waals surface area contributed by atoms with Gasteiger partial charge in [0.05, 0.1) is 18.5 Å². The highest BCUT2D eigenvalue weighted by Gasteiger charge is 2.07. The van der Waals surface area contributed by atoms with E-state index in [1.54, 1.807) is 24.9 Å². The Morgan fingerprint density at radius 1 is 1.56 bits per heavy atom. The number of hydrogen-bond acceptors (Lipinski definition) is 3. The van der Waals surface area contributed by atoms with Gasteiger partial charge in [0.1, 0.15) is 0 Å². The fourth-order valence-electron chi connectivity index (χ4n) is 1.18. The van der Waals surface area contributed by atoms with E-state index in [1.807, 2.05) is 13.8 Å². The second kappa shape index (κ2) is 7.87. The van der Waals surface area contributed by atoms with Gasteiger partial charge in [0, 0.05) is 25.6 Å². The van der Waals surface area contributed by atoms with Crippen LogP contribution in [0.3, 0.4) is 0 Å². The third-order valence-corrected chi connectivity index (χ3v) is 2.09. The van der Waals surface area contributed by atoms with Gasteiger partial charge in [0.15, 0.2) is 0 Å². The largest absolute Gasteiger partial charge is 0.390 e. The zero-order valence-electron chi connectivity index (χ0n) is 10.4. The normalized spacial score (nSPS) is 9.31. The number of nitrogens with one attached hydrogen (secondary N) is 1. The van der Waals surface area contributed by atoms with Gasteiger partial charge in [-0.15, -0.1) is 0 Å². The molecule has 1 aromatic heterocycles. The lowest BCUT2D eigenvalue weighted by molar-refractivity contribution is -0.120. The van der Waals surface area contributed by atoms with E-state index in [9.17, 15) is 4.79 Å². The zero-order valence-corrected chi connectivity index (χ0v) is 10.4. The molecule has 0 aliphatic rings. The summed E-state index contributed by atoms with van der Waals surface area (Å²) >= 11 is 0. The first-order valence-corrected chi connectivity index (χ1v) is 5.56. The molecule has 0 fully saturated rings. The van der Waals surface area contributed by atoms with Crippen LogP contribution in [0.5, 0.6) is 0 Å². The minimum atomic E-state index is -0.0617. The van der Waals surface area contributed by atoms with Crippen LogP contribution in [-0.4, -0.2) is 20.8 Å². The van der Waals surface area contributed by atoms with E-state index < -0.39 is 0 Å². The average molecular weight is 227 g/mol. The lowest BCUT2D eigenvalue weighted by Crippen LogP contribution is -2.22. The van der Waals surface area contributed by atoms with E-state index in [-0.39, 0.29) is 12.5 Å². The minimum Gasteiger partial charge on any atom is -0.390 e. The molecular weight excluding hydrogens is 206 g/mol. The predicted molar refractivity (Wildman–Crippen MR) is 62.6 cm³/mol. The summed E-state index contributed by atoms with van der Waals surface area (Å²) in [6, 6.07) is 0. The van der Waals surface area contributed by atoms with Crippen molar-refractivity contribution >= 4 is 5.91 Å². The van der Waals surface area contributed by atoms with Crippen molar-refractivity contribution in [3.8, 4) is 0 Å². The molecule has 0 spiro atoms. The molecule has 1 amide bonds. The van der Waals surface area contributed by atoms with Crippen molar-refractivity contribution in [1.29, 1.82) is 0 Å². The van der Waals surface area contributed by atoms with Gasteiger partial charge in [-0.2, -0.15) is 5.10 Å². The van der Waals surface area contributed by atoms with Gasteiger partial charge in [-0.1, -0.05) is 20.8 Å². The highest BCUT2D eigenvalue weighted by molar-refractivity contribution is 5.75. The number of aliphatic hydroxyl groups excluding tert-OH is 1. The monoisotopic (exact) mass is 227 g/mol. The number of carbonyl (C=O) groups excluding carboxylic acids is 1. The van der Waals surface area contributed by atoms with Crippen molar-refractivity contribution in [2.45, 2.75) is 40.3 Å². The number of aryl methyl sites for hydroxylation is 1. The van der Waals surface area contributed by atoms with Crippen LogP contribution in [0.2, 0.25) is 0 Å². The molecule has 5 nitrogen and oxygen atoms in total. The lowest BCUT2D eigenvalue weighted by Gasteiger charge is -2.04. The second-order valence-electron chi connectivity index (χ2n) is 3.03. The van der Waals surface area contributed by atoms with E-state index >= 15 is 0 Å². The summed E-state index contributed by atoms with van der Waals surface area (Å²) in [5.74, 6) is -0.00209. The van der Waals surface area contributed by atoms with Gasteiger partial charge in [0.25, 0.3) is 0 Å². The maximum atomic E-state index is 11.0. The van der Waals surface area contributed by atoms with Crippen LogP contribution in [0.15, 0.2) is 6.20 Å². The highest BCUT2D eigenvalue weighted by atomic mass is 16.3. The third kappa shape index (κ3) is 4.02. The molecule has 0 saturated carbocycles. The SMILES string of the molecule is CC.CCC(=O)NCc1cnn(C)c1CO. The van der Waals surface area contributed by atoms with E-state index in [4.69, 9.17) is 5.11 Å². The Labute approximate surface area is 96.5 Å². The van der Waals surface area contributed by atoms with Gasteiger partial charge in [-0.3, -0.25) is 9.48 Å². The quantitative estimate of drug-likeness (QED) is 0.805. The Balaban J connectivity index is 0.00000106. The van der Waals surface area contributed by atoms with Crippen molar-refractivity contribution in [3.05, 3.63) is 17.5 Å². The molecule has 0 aromatic carbocycles. The number of carbonyl (C=O) groups is 1. The summed E-state index contributed by atoms with van der Waals surface area (Å²) in [4.78, 5) is 11.0. The first kappa shape index (κ1) is 14.6. The Morgan fingerprint density at radius 2 is 2.19 bits per heavy atom. The molecule has 1 rings (SSSR count). The van der Waals surface area contributed by atoms with Gasteiger partial charge in [-0.05, 0) is 0 Å². The Morgan fingerprint density at radius 3 is 2.69 bits per heavy atom. The highest BCUT2D eigenvalue weighted by Crippen LogP contribution is 2.06. The molecule has 0 radical (unpaired) electrons. The zero-order chi connectivity index (χ0) is 12.6. The summed E-state index contributed by atoms with van der Waals surface area (Å²) < 4.78 is 1.60. The predicted octanol–water partition coefficient (Wildman–Crippen LogP) is 0.965. The van der Waals surface area contributed by atoms with Crippen molar-refractivity contribution < 1.29 is 9.90 Å². The summed E-state index contributed by atoms with van der Waals surface area (Å²) in [5, 5.41) is 15.8. The van der Waals surface area contributed by atoms with Crippen LogP contribution in [0.25, 0.3) is 0 Å². The molecule has 2 N–H and O–H groups in total. The van der Waals surface area contributed by atoms with Crippen molar-refractivity contribution in [1.82, 2.24) is 15.1 Å². The molecule has 0 saturated heterocycles. The van der Waals surface area contributed by atoms with Crippen LogP contribution < -0.4 is 5.32 Å². The fourth-order valence-corrected chi connectivity index (χ4v) is 1.18. The van der Waals surface area contributed by atoms with Crippen LogP contribution in [0.4, 0.5) is 0 Å². The minimum absolute atomic E-state index is 0.00209. The Hall–Kier alpha value is -1.36. The summed E-state index contributed by atoms with van der Waals surface area (Å²) in [6.45, 7) is 6.16. The molecule has 0 atom stereocenters. The number of rotatable bonds is 4. The molecule has 16 heavy (non-hydrogen) atoms. The maximum Gasteiger partial charge on any atom is 0.219 e. The van der Waals surface area contributed by atoms with Crippen LogP contribution in [0.1, 0.15) is 38.4 Å². The molecule has 0 aliphatic carbocycles. The maximum absolute atomic E-state index is 11.0. The summed E-state index contributed by atoms with van der Waals surface area (Å²) in [7, 11) is 1.76. The van der Waals surface area contributed by atoms with Crippen molar-refractivity contribution in [2.24, 2.45) is 7.05 Å².